The van der Waals surface area contributed by atoms with Crippen molar-refractivity contribution in [2.45, 2.75) is 51.5 Å². The molecule has 1 unspecified atom stereocenters. The van der Waals surface area contributed by atoms with Gasteiger partial charge in [-0.3, -0.25) is 9.69 Å². The maximum atomic E-state index is 12.6. The molecule has 2 saturated heterocycles. The Hall–Kier alpha value is -1.88. The van der Waals surface area contributed by atoms with E-state index in [1.54, 1.807) is 24.3 Å². The van der Waals surface area contributed by atoms with Crippen LogP contribution in [0.25, 0.3) is 0 Å². The number of aliphatic hydroxyl groups is 1. The molecular weight excluding hydrogens is 282 g/mol. The molecule has 3 atom stereocenters. The summed E-state index contributed by atoms with van der Waals surface area (Å²) in [4.78, 5) is 26.5. The van der Waals surface area contributed by atoms with Crippen LogP contribution < -0.4 is 0 Å². The van der Waals surface area contributed by atoms with Crippen LogP contribution in [0.15, 0.2) is 30.3 Å². The van der Waals surface area contributed by atoms with Crippen LogP contribution in [0.5, 0.6) is 0 Å². The van der Waals surface area contributed by atoms with Crippen molar-refractivity contribution in [1.29, 1.82) is 0 Å². The number of carbonyl (C=O) groups excluding carboxylic acids is 2. The number of rotatable bonds is 2. The molecule has 0 aromatic heterocycles. The van der Waals surface area contributed by atoms with Gasteiger partial charge in [-0.15, -0.1) is 0 Å². The van der Waals surface area contributed by atoms with Crippen LogP contribution >= 0.6 is 0 Å². The minimum atomic E-state index is -1.30. The van der Waals surface area contributed by atoms with Crippen LogP contribution in [-0.2, 0) is 14.3 Å². The highest BCUT2D eigenvalue weighted by Gasteiger charge is 2.66. The third-order valence-corrected chi connectivity index (χ3v) is 4.53. The third-order valence-electron chi connectivity index (χ3n) is 4.53. The Balaban J connectivity index is 2.07. The number of aliphatic hydroxyl groups excluding tert-OH is 1. The standard InChI is InChI=1S/C17H21NO4/c1-16(2,3)14-18-12(19)9-10-17(18,15(21)22-14)13(20)11-7-5-4-6-8-11/h4-8,13-14,20H,9-10H2,1-3H3/t13?,14-,17-/m1/s1. The summed E-state index contributed by atoms with van der Waals surface area (Å²) in [6.45, 7) is 5.75. The van der Waals surface area contributed by atoms with E-state index in [0.29, 0.717) is 5.56 Å². The molecule has 0 spiro atoms. The van der Waals surface area contributed by atoms with Gasteiger partial charge in [-0.1, -0.05) is 51.1 Å². The van der Waals surface area contributed by atoms with Crippen LogP contribution in [-0.4, -0.2) is 33.6 Å². The highest BCUT2D eigenvalue weighted by Crippen LogP contribution is 2.50. The Morgan fingerprint density at radius 1 is 1.27 bits per heavy atom. The zero-order valence-corrected chi connectivity index (χ0v) is 13.1. The van der Waals surface area contributed by atoms with Crippen molar-refractivity contribution in [1.82, 2.24) is 4.90 Å². The lowest BCUT2D eigenvalue weighted by atomic mass is 9.84. The fraction of sp³-hybridized carbons (Fsp3) is 0.529. The predicted octanol–water partition coefficient (Wildman–Crippen LogP) is 2.01. The number of fused-ring (bicyclic) bond motifs is 1. The van der Waals surface area contributed by atoms with Crippen molar-refractivity contribution in [2.75, 3.05) is 0 Å². The second-order valence-corrected chi connectivity index (χ2v) is 7.12. The molecule has 1 amide bonds. The Morgan fingerprint density at radius 3 is 2.50 bits per heavy atom. The largest absolute Gasteiger partial charge is 0.439 e. The highest BCUT2D eigenvalue weighted by molar-refractivity contribution is 5.95. The van der Waals surface area contributed by atoms with E-state index in [4.69, 9.17) is 4.74 Å². The summed E-state index contributed by atoms with van der Waals surface area (Å²) in [5.41, 5.74) is -1.08. The molecule has 1 aromatic rings. The molecule has 0 bridgehead atoms. The normalized spacial score (nSPS) is 29.5. The number of esters is 1. The van der Waals surface area contributed by atoms with Gasteiger partial charge < -0.3 is 9.84 Å². The summed E-state index contributed by atoms with van der Waals surface area (Å²) in [7, 11) is 0. The summed E-state index contributed by atoms with van der Waals surface area (Å²) >= 11 is 0. The summed E-state index contributed by atoms with van der Waals surface area (Å²) in [5, 5.41) is 10.9. The second kappa shape index (κ2) is 4.81. The number of hydrogen-bond acceptors (Lipinski definition) is 4. The summed E-state index contributed by atoms with van der Waals surface area (Å²) in [6.07, 6.45) is -1.19. The van der Waals surface area contributed by atoms with Gasteiger partial charge in [0.1, 0.15) is 6.10 Å². The van der Waals surface area contributed by atoms with Gasteiger partial charge in [-0.05, 0) is 12.0 Å². The van der Waals surface area contributed by atoms with Gasteiger partial charge in [-0.2, -0.15) is 0 Å². The fourth-order valence-corrected chi connectivity index (χ4v) is 3.41. The molecule has 2 aliphatic rings. The van der Waals surface area contributed by atoms with Crippen molar-refractivity contribution >= 4 is 11.9 Å². The van der Waals surface area contributed by atoms with Gasteiger partial charge in [0.2, 0.25) is 5.91 Å². The molecule has 3 rings (SSSR count). The minimum absolute atomic E-state index is 0.138. The number of cyclic esters (lactones) is 1. The lowest BCUT2D eigenvalue weighted by Crippen LogP contribution is -2.54. The Morgan fingerprint density at radius 2 is 1.91 bits per heavy atom. The Kier molecular flexibility index (Phi) is 3.29. The van der Waals surface area contributed by atoms with Gasteiger partial charge >= 0.3 is 5.97 Å². The van der Waals surface area contributed by atoms with Crippen molar-refractivity contribution < 1.29 is 19.4 Å². The number of benzene rings is 1. The van der Waals surface area contributed by atoms with E-state index in [0.717, 1.165) is 0 Å². The summed E-state index contributed by atoms with van der Waals surface area (Å²) in [6, 6.07) is 8.97. The van der Waals surface area contributed by atoms with E-state index in [2.05, 4.69) is 0 Å². The molecule has 5 heteroatoms. The van der Waals surface area contributed by atoms with Gasteiger partial charge in [0, 0.05) is 11.8 Å². The molecule has 5 nitrogen and oxygen atoms in total. The van der Waals surface area contributed by atoms with E-state index >= 15 is 0 Å². The van der Waals surface area contributed by atoms with Crippen molar-refractivity contribution in [3.8, 4) is 0 Å². The molecule has 2 fully saturated rings. The maximum Gasteiger partial charge on any atom is 0.337 e. The lowest BCUT2D eigenvalue weighted by Gasteiger charge is -2.37. The van der Waals surface area contributed by atoms with Crippen molar-refractivity contribution in [3.05, 3.63) is 35.9 Å². The average Bonchev–Trinajstić information content (AvgIpc) is 2.97. The molecular formula is C17H21NO4. The maximum absolute atomic E-state index is 12.6. The smallest absolute Gasteiger partial charge is 0.337 e. The first-order valence-corrected chi connectivity index (χ1v) is 7.55. The van der Waals surface area contributed by atoms with Crippen LogP contribution in [0.4, 0.5) is 0 Å². The van der Waals surface area contributed by atoms with Crippen LogP contribution in [0.1, 0.15) is 45.3 Å². The first-order chi connectivity index (χ1) is 10.3. The molecule has 0 aliphatic carbocycles. The zero-order chi connectivity index (χ0) is 16.1. The molecule has 22 heavy (non-hydrogen) atoms. The first kappa shape index (κ1) is 15.0. The number of carbonyl (C=O) groups is 2. The number of hydrogen-bond donors (Lipinski definition) is 1. The molecule has 118 valence electrons. The number of nitrogens with zero attached hydrogens (tertiary/aromatic N) is 1. The number of ether oxygens (including phenoxy) is 1. The van der Waals surface area contributed by atoms with E-state index in [9.17, 15) is 14.7 Å². The summed E-state index contributed by atoms with van der Waals surface area (Å²) in [5.74, 6) is -0.643. The molecule has 1 aromatic carbocycles. The fourth-order valence-electron chi connectivity index (χ4n) is 3.41. The third kappa shape index (κ3) is 1.96. The van der Waals surface area contributed by atoms with Crippen LogP contribution in [0.3, 0.4) is 0 Å². The van der Waals surface area contributed by atoms with E-state index in [1.807, 2.05) is 26.8 Å². The predicted molar refractivity (Wildman–Crippen MR) is 79.5 cm³/mol. The first-order valence-electron chi connectivity index (χ1n) is 7.55. The molecule has 0 radical (unpaired) electrons. The van der Waals surface area contributed by atoms with E-state index in [-0.39, 0.29) is 18.7 Å². The van der Waals surface area contributed by atoms with Gasteiger partial charge in [0.05, 0.1) is 0 Å². The minimum Gasteiger partial charge on any atom is -0.439 e. The van der Waals surface area contributed by atoms with Crippen LogP contribution in [0, 0.1) is 5.41 Å². The quantitative estimate of drug-likeness (QED) is 0.849. The van der Waals surface area contributed by atoms with Crippen molar-refractivity contribution in [2.24, 2.45) is 5.41 Å². The molecule has 0 saturated carbocycles. The van der Waals surface area contributed by atoms with Gasteiger partial charge in [0.25, 0.3) is 0 Å². The SMILES string of the molecule is CC(C)(C)[C@H]1OC(=O)[C@]2(C(O)c3ccccc3)CCC(=O)N12. The van der Waals surface area contributed by atoms with E-state index < -0.39 is 29.3 Å². The van der Waals surface area contributed by atoms with Gasteiger partial charge in [-0.25, -0.2) is 4.79 Å². The van der Waals surface area contributed by atoms with Gasteiger partial charge in [0.15, 0.2) is 11.8 Å². The van der Waals surface area contributed by atoms with E-state index in [1.165, 1.54) is 4.90 Å². The number of amides is 1. The monoisotopic (exact) mass is 303 g/mol. The zero-order valence-electron chi connectivity index (χ0n) is 13.1. The molecule has 1 N–H and O–H groups in total. The Labute approximate surface area is 129 Å². The topological polar surface area (TPSA) is 66.8 Å². The Bertz CT molecular complexity index is 607. The molecule has 2 aliphatic heterocycles. The molecule has 2 heterocycles. The van der Waals surface area contributed by atoms with Crippen LogP contribution in [0.2, 0.25) is 0 Å². The van der Waals surface area contributed by atoms with Crippen molar-refractivity contribution in [3.63, 3.8) is 0 Å². The lowest BCUT2D eigenvalue weighted by molar-refractivity contribution is -0.152. The highest BCUT2D eigenvalue weighted by atomic mass is 16.6. The second-order valence-electron chi connectivity index (χ2n) is 7.12. The summed E-state index contributed by atoms with van der Waals surface area (Å²) < 4.78 is 5.52. The average molecular weight is 303 g/mol.